The van der Waals surface area contributed by atoms with Crippen LogP contribution in [0.1, 0.15) is 51.3 Å². The molecule has 0 aliphatic heterocycles. The maximum atomic E-state index is 11.5. The summed E-state index contributed by atoms with van der Waals surface area (Å²) in [5, 5.41) is 7.75. The molecule has 18 heavy (non-hydrogen) atoms. The monoisotopic (exact) mass is 275 g/mol. The SMILES string of the molecule is CCCCS(=O)(=O)NCCc1nnc(C(C)C)o1. The van der Waals surface area contributed by atoms with Gasteiger partial charge in [0.2, 0.25) is 21.8 Å². The molecule has 1 aromatic heterocycles. The van der Waals surface area contributed by atoms with Gasteiger partial charge in [-0.2, -0.15) is 0 Å². The summed E-state index contributed by atoms with van der Waals surface area (Å²) in [5.41, 5.74) is 0. The molecule has 0 aliphatic rings. The predicted molar refractivity (Wildman–Crippen MR) is 68.8 cm³/mol. The molecule has 0 amide bonds. The third kappa shape index (κ3) is 5.14. The van der Waals surface area contributed by atoms with Crippen molar-refractivity contribution < 1.29 is 12.8 Å². The average Bonchev–Trinajstić information content (AvgIpc) is 2.75. The van der Waals surface area contributed by atoms with Gasteiger partial charge in [0.1, 0.15) is 0 Å². The highest BCUT2D eigenvalue weighted by molar-refractivity contribution is 7.89. The summed E-state index contributed by atoms with van der Waals surface area (Å²) in [4.78, 5) is 0. The van der Waals surface area contributed by atoms with E-state index in [9.17, 15) is 8.42 Å². The van der Waals surface area contributed by atoms with Gasteiger partial charge < -0.3 is 4.42 Å². The Kier molecular flexibility index (Phi) is 5.74. The van der Waals surface area contributed by atoms with Gasteiger partial charge >= 0.3 is 0 Å². The molecule has 0 saturated heterocycles. The van der Waals surface area contributed by atoms with E-state index >= 15 is 0 Å². The second-order valence-electron chi connectivity index (χ2n) is 4.51. The molecular weight excluding hydrogens is 254 g/mol. The quantitative estimate of drug-likeness (QED) is 0.776. The third-order valence-corrected chi connectivity index (χ3v) is 3.87. The summed E-state index contributed by atoms with van der Waals surface area (Å²) in [7, 11) is -3.16. The van der Waals surface area contributed by atoms with Crippen molar-refractivity contribution in [3.05, 3.63) is 11.8 Å². The second-order valence-corrected chi connectivity index (χ2v) is 6.43. The first kappa shape index (κ1) is 15.1. The van der Waals surface area contributed by atoms with Crippen LogP contribution in [0, 0.1) is 0 Å². The molecule has 0 unspecified atom stereocenters. The van der Waals surface area contributed by atoms with Gasteiger partial charge in [-0.25, -0.2) is 13.1 Å². The lowest BCUT2D eigenvalue weighted by Gasteiger charge is -2.04. The molecule has 0 aromatic carbocycles. The first-order valence-corrected chi connectivity index (χ1v) is 7.89. The zero-order valence-corrected chi connectivity index (χ0v) is 12.0. The van der Waals surface area contributed by atoms with Crippen LogP contribution in [0.4, 0.5) is 0 Å². The third-order valence-electron chi connectivity index (χ3n) is 2.40. The van der Waals surface area contributed by atoms with Gasteiger partial charge in [-0.15, -0.1) is 10.2 Å². The molecule has 0 aliphatic carbocycles. The fourth-order valence-corrected chi connectivity index (χ4v) is 2.55. The normalized spacial score (nSPS) is 12.2. The summed E-state index contributed by atoms with van der Waals surface area (Å²) in [6, 6.07) is 0. The van der Waals surface area contributed by atoms with E-state index in [1.807, 2.05) is 20.8 Å². The molecule has 0 fully saturated rings. The summed E-state index contributed by atoms with van der Waals surface area (Å²) < 4.78 is 30.9. The number of rotatable bonds is 8. The van der Waals surface area contributed by atoms with Crippen LogP contribution < -0.4 is 4.72 Å². The second kappa shape index (κ2) is 6.84. The minimum atomic E-state index is -3.16. The fourth-order valence-electron chi connectivity index (χ4n) is 1.32. The molecule has 0 spiro atoms. The van der Waals surface area contributed by atoms with E-state index in [1.165, 1.54) is 0 Å². The Morgan fingerprint density at radius 1 is 1.33 bits per heavy atom. The smallest absolute Gasteiger partial charge is 0.219 e. The Morgan fingerprint density at radius 3 is 2.61 bits per heavy atom. The zero-order chi connectivity index (χ0) is 13.6. The van der Waals surface area contributed by atoms with E-state index in [-0.39, 0.29) is 11.7 Å². The molecular formula is C11H21N3O3S. The largest absolute Gasteiger partial charge is 0.425 e. The zero-order valence-electron chi connectivity index (χ0n) is 11.1. The Morgan fingerprint density at radius 2 is 2.06 bits per heavy atom. The van der Waals surface area contributed by atoms with Crippen LogP contribution in [0.15, 0.2) is 4.42 Å². The molecule has 104 valence electrons. The molecule has 0 atom stereocenters. The highest BCUT2D eigenvalue weighted by Gasteiger charge is 2.12. The minimum Gasteiger partial charge on any atom is -0.425 e. The van der Waals surface area contributed by atoms with Gasteiger partial charge in [0.05, 0.1) is 5.75 Å². The number of sulfonamides is 1. The summed E-state index contributed by atoms with van der Waals surface area (Å²) in [5.74, 6) is 1.41. The van der Waals surface area contributed by atoms with Crippen LogP contribution in [-0.2, 0) is 16.4 Å². The molecule has 7 heteroatoms. The Hall–Kier alpha value is -0.950. The van der Waals surface area contributed by atoms with Crippen LogP contribution in [0.5, 0.6) is 0 Å². The summed E-state index contributed by atoms with van der Waals surface area (Å²) in [6.45, 7) is 6.18. The van der Waals surface area contributed by atoms with Crippen molar-refractivity contribution >= 4 is 10.0 Å². The minimum absolute atomic E-state index is 0.171. The van der Waals surface area contributed by atoms with Crippen molar-refractivity contribution in [3.8, 4) is 0 Å². The number of hydrogen-bond acceptors (Lipinski definition) is 5. The van der Waals surface area contributed by atoms with Gasteiger partial charge in [0.15, 0.2) is 0 Å². The fraction of sp³-hybridized carbons (Fsp3) is 0.818. The van der Waals surface area contributed by atoms with E-state index in [2.05, 4.69) is 14.9 Å². The molecule has 1 rings (SSSR count). The Labute approximate surface area is 108 Å². The number of hydrogen-bond donors (Lipinski definition) is 1. The first-order chi connectivity index (χ1) is 8.44. The number of nitrogens with one attached hydrogen (secondary N) is 1. The van der Waals surface area contributed by atoms with Gasteiger partial charge in [-0.05, 0) is 6.42 Å². The molecule has 1 N–H and O–H groups in total. The van der Waals surface area contributed by atoms with Crippen LogP contribution in [0.2, 0.25) is 0 Å². The van der Waals surface area contributed by atoms with E-state index < -0.39 is 10.0 Å². The maximum Gasteiger partial charge on any atom is 0.219 e. The number of aromatic nitrogens is 2. The van der Waals surface area contributed by atoms with E-state index in [4.69, 9.17) is 4.42 Å². The van der Waals surface area contributed by atoms with Gasteiger partial charge in [-0.3, -0.25) is 0 Å². The van der Waals surface area contributed by atoms with E-state index in [1.54, 1.807) is 0 Å². The highest BCUT2D eigenvalue weighted by atomic mass is 32.2. The van der Waals surface area contributed by atoms with Crippen molar-refractivity contribution in [2.24, 2.45) is 0 Å². The molecule has 1 heterocycles. The Bertz CT molecular complexity index is 454. The molecule has 1 aromatic rings. The van der Waals surface area contributed by atoms with Crippen molar-refractivity contribution in [2.45, 2.75) is 46.0 Å². The Balaban J connectivity index is 2.37. The summed E-state index contributed by atoms with van der Waals surface area (Å²) >= 11 is 0. The van der Waals surface area contributed by atoms with Gasteiger partial charge in [0.25, 0.3) is 0 Å². The van der Waals surface area contributed by atoms with Crippen LogP contribution >= 0.6 is 0 Å². The van der Waals surface area contributed by atoms with Gasteiger partial charge in [0, 0.05) is 18.9 Å². The first-order valence-electron chi connectivity index (χ1n) is 6.24. The highest BCUT2D eigenvalue weighted by Crippen LogP contribution is 2.11. The maximum absolute atomic E-state index is 11.5. The predicted octanol–water partition coefficient (Wildman–Crippen LogP) is 1.45. The number of unbranched alkanes of at least 4 members (excludes halogenated alkanes) is 1. The molecule has 6 nitrogen and oxygen atoms in total. The van der Waals surface area contributed by atoms with Gasteiger partial charge in [-0.1, -0.05) is 27.2 Å². The molecule has 0 saturated carbocycles. The van der Waals surface area contributed by atoms with E-state index in [0.717, 1.165) is 6.42 Å². The van der Waals surface area contributed by atoms with Crippen LogP contribution in [0.3, 0.4) is 0 Å². The van der Waals surface area contributed by atoms with Crippen molar-refractivity contribution in [2.75, 3.05) is 12.3 Å². The van der Waals surface area contributed by atoms with E-state index in [0.29, 0.717) is 31.2 Å². The lowest BCUT2D eigenvalue weighted by molar-refractivity contribution is 0.431. The van der Waals surface area contributed by atoms with Crippen molar-refractivity contribution in [1.29, 1.82) is 0 Å². The topological polar surface area (TPSA) is 85.1 Å². The van der Waals surface area contributed by atoms with Crippen LogP contribution in [0.25, 0.3) is 0 Å². The average molecular weight is 275 g/mol. The lowest BCUT2D eigenvalue weighted by atomic mass is 10.2. The summed E-state index contributed by atoms with van der Waals surface area (Å²) in [6.07, 6.45) is 1.96. The van der Waals surface area contributed by atoms with Crippen molar-refractivity contribution in [1.82, 2.24) is 14.9 Å². The van der Waals surface area contributed by atoms with Crippen LogP contribution in [-0.4, -0.2) is 30.9 Å². The lowest BCUT2D eigenvalue weighted by Crippen LogP contribution is -2.28. The number of nitrogens with zero attached hydrogens (tertiary/aromatic N) is 2. The molecule has 0 bridgehead atoms. The molecule has 0 radical (unpaired) electrons. The van der Waals surface area contributed by atoms with Crippen molar-refractivity contribution in [3.63, 3.8) is 0 Å². The standard InChI is InChI=1S/C11H21N3O3S/c1-4-5-8-18(15,16)12-7-6-10-13-14-11(17-10)9(2)3/h9,12H,4-8H2,1-3H3.